The lowest BCUT2D eigenvalue weighted by Crippen LogP contribution is -2.12. The van der Waals surface area contributed by atoms with Gasteiger partial charge in [0.15, 0.2) is 5.75 Å². The van der Waals surface area contributed by atoms with E-state index in [-0.39, 0.29) is 17.3 Å². The minimum atomic E-state index is -0.555. The average molecular weight is 337 g/mol. The van der Waals surface area contributed by atoms with E-state index >= 15 is 0 Å². The zero-order valence-corrected chi connectivity index (χ0v) is 13.4. The Morgan fingerprint density at radius 1 is 1.12 bits per heavy atom. The maximum Gasteiger partial charge on any atom is 0.312 e. The van der Waals surface area contributed by atoms with E-state index in [1.165, 1.54) is 19.2 Å². The normalized spacial score (nSPS) is 10.3. The van der Waals surface area contributed by atoms with Crippen molar-refractivity contribution < 1.29 is 14.5 Å². The molecule has 0 aliphatic rings. The Balaban J connectivity index is 1.78. The van der Waals surface area contributed by atoms with Crippen LogP contribution >= 0.6 is 0 Å². The van der Waals surface area contributed by atoms with Gasteiger partial charge in [0.05, 0.1) is 12.0 Å². The number of rotatable bonds is 5. The number of methoxy groups -OCH3 is 1. The quantitative estimate of drug-likeness (QED) is 0.569. The van der Waals surface area contributed by atoms with Gasteiger partial charge < -0.3 is 14.6 Å². The van der Waals surface area contributed by atoms with Gasteiger partial charge in [0.25, 0.3) is 5.91 Å². The monoisotopic (exact) mass is 337 g/mol. The number of nitrogens with zero attached hydrogens (tertiary/aromatic N) is 2. The highest BCUT2D eigenvalue weighted by Gasteiger charge is 2.16. The standard InChI is InChI=1S/C18H15N3O4/c1-25-17-9-6-14(12-16(17)21(23)24)19-18(22)13-4-7-15(8-5-13)20-10-2-3-11-20/h2-12H,1H3,(H,19,22). The van der Waals surface area contributed by atoms with Crippen molar-refractivity contribution in [3.8, 4) is 11.4 Å². The molecule has 1 amide bonds. The summed E-state index contributed by atoms with van der Waals surface area (Å²) in [6, 6.07) is 15.1. The Morgan fingerprint density at radius 2 is 1.80 bits per heavy atom. The van der Waals surface area contributed by atoms with E-state index in [1.807, 2.05) is 41.2 Å². The van der Waals surface area contributed by atoms with Crippen LogP contribution in [0.5, 0.6) is 5.75 Å². The number of ether oxygens (including phenoxy) is 1. The van der Waals surface area contributed by atoms with Crippen LogP contribution in [-0.2, 0) is 0 Å². The maximum atomic E-state index is 12.3. The van der Waals surface area contributed by atoms with Gasteiger partial charge in [-0.25, -0.2) is 0 Å². The molecule has 0 fully saturated rings. The number of aromatic nitrogens is 1. The second-order valence-corrected chi connectivity index (χ2v) is 5.24. The third-order valence-electron chi connectivity index (χ3n) is 3.67. The fourth-order valence-electron chi connectivity index (χ4n) is 2.41. The molecule has 0 saturated carbocycles. The fourth-order valence-corrected chi connectivity index (χ4v) is 2.41. The number of nitrogens with one attached hydrogen (secondary N) is 1. The summed E-state index contributed by atoms with van der Waals surface area (Å²) in [6.45, 7) is 0. The van der Waals surface area contributed by atoms with Gasteiger partial charge in [0.2, 0.25) is 0 Å². The first kappa shape index (κ1) is 16.3. The van der Waals surface area contributed by atoms with Gasteiger partial charge in [-0.05, 0) is 48.5 Å². The molecule has 0 aliphatic carbocycles. The lowest BCUT2D eigenvalue weighted by molar-refractivity contribution is -0.385. The lowest BCUT2D eigenvalue weighted by Gasteiger charge is -2.08. The fraction of sp³-hybridized carbons (Fsp3) is 0.0556. The molecule has 3 aromatic rings. The summed E-state index contributed by atoms with van der Waals surface area (Å²) in [5.74, 6) is -0.211. The summed E-state index contributed by atoms with van der Waals surface area (Å²) < 4.78 is 6.87. The van der Waals surface area contributed by atoms with Crippen molar-refractivity contribution in [2.24, 2.45) is 0 Å². The average Bonchev–Trinajstić information content (AvgIpc) is 3.16. The van der Waals surface area contributed by atoms with Crippen molar-refractivity contribution in [1.82, 2.24) is 4.57 Å². The largest absolute Gasteiger partial charge is 0.490 e. The van der Waals surface area contributed by atoms with E-state index in [0.29, 0.717) is 11.3 Å². The first-order valence-electron chi connectivity index (χ1n) is 7.45. The zero-order valence-electron chi connectivity index (χ0n) is 13.4. The summed E-state index contributed by atoms with van der Waals surface area (Å²) in [4.78, 5) is 22.8. The third-order valence-corrected chi connectivity index (χ3v) is 3.67. The van der Waals surface area contributed by atoms with Crippen LogP contribution < -0.4 is 10.1 Å². The predicted octanol–water partition coefficient (Wildman–Crippen LogP) is 3.65. The molecule has 126 valence electrons. The Hall–Kier alpha value is -3.61. The van der Waals surface area contributed by atoms with E-state index in [1.54, 1.807) is 18.2 Å². The molecular weight excluding hydrogens is 322 g/mol. The Morgan fingerprint density at radius 3 is 2.40 bits per heavy atom. The minimum Gasteiger partial charge on any atom is -0.490 e. The molecule has 0 radical (unpaired) electrons. The van der Waals surface area contributed by atoms with Gasteiger partial charge in [0, 0.05) is 35.4 Å². The van der Waals surface area contributed by atoms with Crippen LogP contribution in [0.1, 0.15) is 10.4 Å². The van der Waals surface area contributed by atoms with Crippen LogP contribution in [0.15, 0.2) is 67.0 Å². The van der Waals surface area contributed by atoms with Crippen molar-refractivity contribution in [3.05, 3.63) is 82.7 Å². The maximum absolute atomic E-state index is 12.3. The molecule has 0 aliphatic heterocycles. The van der Waals surface area contributed by atoms with Crippen molar-refractivity contribution >= 4 is 17.3 Å². The Bertz CT molecular complexity index is 903. The molecule has 1 aromatic heterocycles. The summed E-state index contributed by atoms with van der Waals surface area (Å²) in [6.07, 6.45) is 3.82. The molecule has 3 rings (SSSR count). The van der Waals surface area contributed by atoms with Gasteiger partial charge in [-0.3, -0.25) is 14.9 Å². The van der Waals surface area contributed by atoms with Crippen LogP contribution in [0.25, 0.3) is 5.69 Å². The molecule has 7 heteroatoms. The van der Waals surface area contributed by atoms with Gasteiger partial charge in [-0.1, -0.05) is 0 Å². The number of amides is 1. The van der Waals surface area contributed by atoms with Crippen molar-refractivity contribution in [3.63, 3.8) is 0 Å². The number of benzene rings is 2. The number of nitro groups is 1. The number of hydrogen-bond donors (Lipinski definition) is 1. The first-order valence-corrected chi connectivity index (χ1v) is 7.45. The molecule has 1 N–H and O–H groups in total. The third kappa shape index (κ3) is 3.50. The van der Waals surface area contributed by atoms with Crippen molar-refractivity contribution in [2.45, 2.75) is 0 Å². The molecular formula is C18H15N3O4. The van der Waals surface area contributed by atoms with Crippen LogP contribution in [0.4, 0.5) is 11.4 Å². The van der Waals surface area contributed by atoms with Crippen LogP contribution in [-0.4, -0.2) is 22.5 Å². The van der Waals surface area contributed by atoms with Crippen LogP contribution in [0.2, 0.25) is 0 Å². The van der Waals surface area contributed by atoms with Gasteiger partial charge >= 0.3 is 5.69 Å². The number of carbonyl (C=O) groups excluding carboxylic acids is 1. The van der Waals surface area contributed by atoms with Crippen molar-refractivity contribution in [2.75, 3.05) is 12.4 Å². The van der Waals surface area contributed by atoms with Gasteiger partial charge in [0.1, 0.15) is 0 Å². The molecule has 0 unspecified atom stereocenters. The lowest BCUT2D eigenvalue weighted by atomic mass is 10.2. The molecule has 0 bridgehead atoms. The highest BCUT2D eigenvalue weighted by atomic mass is 16.6. The van der Waals surface area contributed by atoms with Crippen molar-refractivity contribution in [1.29, 1.82) is 0 Å². The summed E-state index contributed by atoms with van der Waals surface area (Å²) in [7, 11) is 1.35. The molecule has 0 spiro atoms. The van der Waals surface area contributed by atoms with Gasteiger partial charge in [-0.15, -0.1) is 0 Å². The Kier molecular flexibility index (Phi) is 4.47. The second-order valence-electron chi connectivity index (χ2n) is 5.24. The van der Waals surface area contributed by atoms with E-state index in [0.717, 1.165) is 5.69 Å². The van der Waals surface area contributed by atoms with E-state index in [9.17, 15) is 14.9 Å². The highest BCUT2D eigenvalue weighted by molar-refractivity contribution is 6.04. The number of nitro benzene ring substituents is 1. The summed E-state index contributed by atoms with van der Waals surface area (Å²) in [5, 5.41) is 13.7. The minimum absolute atomic E-state index is 0.138. The smallest absolute Gasteiger partial charge is 0.312 e. The van der Waals surface area contributed by atoms with E-state index in [2.05, 4.69) is 5.32 Å². The molecule has 0 atom stereocenters. The van der Waals surface area contributed by atoms with E-state index in [4.69, 9.17) is 4.74 Å². The molecule has 7 nitrogen and oxygen atoms in total. The van der Waals surface area contributed by atoms with Crippen LogP contribution in [0, 0.1) is 10.1 Å². The Labute approximate surface area is 143 Å². The number of anilines is 1. The topological polar surface area (TPSA) is 86.4 Å². The molecule has 0 saturated heterocycles. The number of hydrogen-bond acceptors (Lipinski definition) is 4. The molecule has 1 heterocycles. The highest BCUT2D eigenvalue weighted by Crippen LogP contribution is 2.29. The molecule has 25 heavy (non-hydrogen) atoms. The SMILES string of the molecule is COc1ccc(NC(=O)c2ccc(-n3cccc3)cc2)cc1[N+](=O)[O-]. The second kappa shape index (κ2) is 6.88. The summed E-state index contributed by atoms with van der Waals surface area (Å²) in [5.41, 5.74) is 1.51. The van der Waals surface area contributed by atoms with Crippen LogP contribution in [0.3, 0.4) is 0 Å². The summed E-state index contributed by atoms with van der Waals surface area (Å²) >= 11 is 0. The molecule has 2 aromatic carbocycles. The van der Waals surface area contributed by atoms with E-state index < -0.39 is 4.92 Å². The number of carbonyl (C=O) groups is 1. The van der Waals surface area contributed by atoms with Gasteiger partial charge in [-0.2, -0.15) is 0 Å². The first-order chi connectivity index (χ1) is 12.1. The predicted molar refractivity (Wildman–Crippen MR) is 93.4 cm³/mol. The zero-order chi connectivity index (χ0) is 17.8.